The minimum Gasteiger partial charge on any atom is -0.480 e. The van der Waals surface area contributed by atoms with Gasteiger partial charge in [-0.05, 0) is 30.0 Å². The molecule has 0 amide bonds. The molecule has 0 radical (unpaired) electrons. The molecule has 0 spiro atoms. The van der Waals surface area contributed by atoms with E-state index in [1.54, 1.807) is 26.0 Å². The summed E-state index contributed by atoms with van der Waals surface area (Å²) in [5.41, 5.74) is 1.75. The molecular weight excluding hydrogens is 272 g/mol. The van der Waals surface area contributed by atoms with Crippen molar-refractivity contribution >= 4 is 28.4 Å². The molecule has 100 valence electrons. The van der Waals surface area contributed by atoms with Gasteiger partial charge < -0.3 is 5.11 Å². The lowest BCUT2D eigenvalue weighted by atomic mass is 10.1. The lowest BCUT2D eigenvalue weighted by molar-refractivity contribution is -0.137. The number of benzene rings is 1. The SMILES string of the molecule is Cc1ccc(CS(=O)C(C(=O)O)C(C)C)c(Cl)c1. The summed E-state index contributed by atoms with van der Waals surface area (Å²) in [5.74, 6) is -1.02. The first-order valence-electron chi connectivity index (χ1n) is 5.68. The molecule has 1 aromatic rings. The quantitative estimate of drug-likeness (QED) is 0.906. The lowest BCUT2D eigenvalue weighted by Gasteiger charge is -2.16. The minimum absolute atomic E-state index is 0.174. The number of rotatable bonds is 5. The number of hydrogen-bond acceptors (Lipinski definition) is 2. The molecule has 18 heavy (non-hydrogen) atoms. The second-order valence-electron chi connectivity index (χ2n) is 4.62. The Bertz CT molecular complexity index is 471. The normalized spacial score (nSPS) is 14.5. The molecule has 0 aliphatic carbocycles. The third-order valence-corrected chi connectivity index (χ3v) is 4.90. The van der Waals surface area contributed by atoms with Crippen LogP contribution in [0.3, 0.4) is 0 Å². The van der Waals surface area contributed by atoms with Crippen molar-refractivity contribution in [3.05, 3.63) is 34.3 Å². The van der Waals surface area contributed by atoms with Crippen LogP contribution in [-0.4, -0.2) is 20.5 Å². The Morgan fingerprint density at radius 2 is 2.06 bits per heavy atom. The summed E-state index contributed by atoms with van der Waals surface area (Å²) in [6.07, 6.45) is 0. The number of carboxylic acids is 1. The van der Waals surface area contributed by atoms with Gasteiger partial charge in [0.25, 0.3) is 0 Å². The maximum atomic E-state index is 12.1. The summed E-state index contributed by atoms with van der Waals surface area (Å²) in [5, 5.41) is 8.76. The predicted molar refractivity (Wildman–Crippen MR) is 74.3 cm³/mol. The molecule has 0 aromatic heterocycles. The first-order valence-corrected chi connectivity index (χ1v) is 7.44. The smallest absolute Gasteiger partial charge is 0.319 e. The van der Waals surface area contributed by atoms with Crippen LogP contribution in [0.5, 0.6) is 0 Å². The van der Waals surface area contributed by atoms with E-state index in [-0.39, 0.29) is 11.7 Å². The Morgan fingerprint density at radius 1 is 1.44 bits per heavy atom. The number of hydrogen-bond donors (Lipinski definition) is 1. The molecular formula is C13H17ClO3S. The number of carbonyl (C=O) groups is 1. The predicted octanol–water partition coefficient (Wildman–Crippen LogP) is 3.01. The van der Waals surface area contributed by atoms with E-state index in [2.05, 4.69) is 0 Å². The molecule has 3 nitrogen and oxygen atoms in total. The standard InChI is InChI=1S/C13H17ClO3S/c1-8(2)12(13(15)16)18(17)7-10-5-4-9(3)6-11(10)14/h4-6,8,12H,7H2,1-3H3,(H,15,16). The summed E-state index contributed by atoms with van der Waals surface area (Å²) < 4.78 is 12.1. The Morgan fingerprint density at radius 3 is 2.50 bits per heavy atom. The van der Waals surface area contributed by atoms with Gasteiger partial charge in [0.2, 0.25) is 0 Å². The maximum Gasteiger partial charge on any atom is 0.319 e. The molecule has 0 aliphatic heterocycles. The largest absolute Gasteiger partial charge is 0.480 e. The highest BCUT2D eigenvalue weighted by Crippen LogP contribution is 2.21. The monoisotopic (exact) mass is 288 g/mol. The van der Waals surface area contributed by atoms with Gasteiger partial charge in [-0.1, -0.05) is 37.6 Å². The zero-order valence-corrected chi connectivity index (χ0v) is 12.2. The van der Waals surface area contributed by atoms with Gasteiger partial charge in [-0.15, -0.1) is 0 Å². The molecule has 0 saturated carbocycles. The number of aryl methyl sites for hydroxylation is 1. The van der Waals surface area contributed by atoms with Crippen LogP contribution in [0.1, 0.15) is 25.0 Å². The molecule has 0 fully saturated rings. The van der Waals surface area contributed by atoms with Crippen molar-refractivity contribution in [2.45, 2.75) is 31.8 Å². The summed E-state index contributed by atoms with van der Waals surface area (Å²) in [6.45, 7) is 5.43. The summed E-state index contributed by atoms with van der Waals surface area (Å²) in [6, 6.07) is 5.47. The third-order valence-electron chi connectivity index (χ3n) is 2.64. The molecule has 2 unspecified atom stereocenters. The van der Waals surface area contributed by atoms with Crippen molar-refractivity contribution in [3.8, 4) is 0 Å². The van der Waals surface area contributed by atoms with Gasteiger partial charge in [0.05, 0.1) is 5.75 Å². The molecule has 0 saturated heterocycles. The van der Waals surface area contributed by atoms with E-state index in [1.807, 2.05) is 13.0 Å². The third kappa shape index (κ3) is 3.82. The van der Waals surface area contributed by atoms with E-state index in [0.29, 0.717) is 5.02 Å². The van der Waals surface area contributed by atoms with E-state index in [9.17, 15) is 9.00 Å². The van der Waals surface area contributed by atoms with E-state index in [0.717, 1.165) is 11.1 Å². The van der Waals surface area contributed by atoms with Gasteiger partial charge in [0.1, 0.15) is 5.25 Å². The number of halogens is 1. The number of aliphatic carboxylic acids is 1. The summed E-state index contributed by atoms with van der Waals surface area (Å²) >= 11 is 6.06. The van der Waals surface area contributed by atoms with Gasteiger partial charge in [-0.3, -0.25) is 9.00 Å². The fourth-order valence-corrected chi connectivity index (χ4v) is 3.66. The summed E-state index contributed by atoms with van der Waals surface area (Å²) in [4.78, 5) is 11.1. The van der Waals surface area contributed by atoms with Crippen molar-refractivity contribution in [2.75, 3.05) is 0 Å². The summed E-state index contributed by atoms with van der Waals surface area (Å²) in [7, 11) is -1.47. The van der Waals surface area contributed by atoms with E-state index in [1.165, 1.54) is 0 Å². The highest BCUT2D eigenvalue weighted by Gasteiger charge is 2.28. The van der Waals surface area contributed by atoms with Crippen LogP contribution in [0.15, 0.2) is 18.2 Å². The van der Waals surface area contributed by atoms with Crippen LogP contribution in [0.25, 0.3) is 0 Å². The van der Waals surface area contributed by atoms with Crippen molar-refractivity contribution in [3.63, 3.8) is 0 Å². The molecule has 0 heterocycles. The van der Waals surface area contributed by atoms with Crippen LogP contribution >= 0.6 is 11.6 Å². The Balaban J connectivity index is 2.89. The molecule has 0 aliphatic rings. The van der Waals surface area contributed by atoms with Gasteiger partial charge in [-0.2, -0.15) is 0 Å². The van der Waals surface area contributed by atoms with Gasteiger partial charge >= 0.3 is 5.97 Å². The van der Waals surface area contributed by atoms with Gasteiger partial charge in [0, 0.05) is 15.8 Å². The Hall–Kier alpha value is -0.870. The number of carboxylic acid groups (broad SMARTS) is 1. The van der Waals surface area contributed by atoms with Crippen LogP contribution in [0.2, 0.25) is 5.02 Å². The van der Waals surface area contributed by atoms with Gasteiger partial charge in [0.15, 0.2) is 0 Å². The van der Waals surface area contributed by atoms with Crippen molar-refractivity contribution < 1.29 is 14.1 Å². The second kappa shape index (κ2) is 6.34. The molecule has 2 atom stereocenters. The van der Waals surface area contributed by atoms with Crippen LogP contribution in [-0.2, 0) is 21.3 Å². The van der Waals surface area contributed by atoms with Crippen molar-refractivity contribution in [2.24, 2.45) is 5.92 Å². The molecule has 5 heteroatoms. The van der Waals surface area contributed by atoms with Gasteiger partial charge in [-0.25, -0.2) is 0 Å². The van der Waals surface area contributed by atoms with E-state index >= 15 is 0 Å². The van der Waals surface area contributed by atoms with Crippen molar-refractivity contribution in [1.29, 1.82) is 0 Å². The maximum absolute atomic E-state index is 12.1. The topological polar surface area (TPSA) is 54.4 Å². The van der Waals surface area contributed by atoms with Crippen LogP contribution < -0.4 is 0 Å². The van der Waals surface area contributed by atoms with E-state index in [4.69, 9.17) is 16.7 Å². The average Bonchev–Trinajstić information content (AvgIpc) is 2.21. The lowest BCUT2D eigenvalue weighted by Crippen LogP contribution is -2.31. The molecule has 0 bridgehead atoms. The molecule has 1 rings (SSSR count). The molecule has 1 aromatic carbocycles. The second-order valence-corrected chi connectivity index (χ2v) is 6.59. The first kappa shape index (κ1) is 15.2. The minimum atomic E-state index is -1.47. The van der Waals surface area contributed by atoms with Crippen LogP contribution in [0.4, 0.5) is 0 Å². The highest BCUT2D eigenvalue weighted by atomic mass is 35.5. The Labute approximate surface area is 115 Å². The zero-order valence-electron chi connectivity index (χ0n) is 10.6. The first-order chi connectivity index (χ1) is 8.32. The average molecular weight is 289 g/mol. The highest BCUT2D eigenvalue weighted by molar-refractivity contribution is 7.85. The van der Waals surface area contributed by atoms with Crippen molar-refractivity contribution in [1.82, 2.24) is 0 Å². The fourth-order valence-electron chi connectivity index (χ4n) is 1.71. The van der Waals surface area contributed by atoms with Crippen LogP contribution in [0, 0.1) is 12.8 Å². The molecule has 1 N–H and O–H groups in total. The van der Waals surface area contributed by atoms with E-state index < -0.39 is 22.0 Å². The Kier molecular flexibility index (Phi) is 5.35. The fraction of sp³-hybridized carbons (Fsp3) is 0.462. The zero-order chi connectivity index (χ0) is 13.9.